The zero-order valence-corrected chi connectivity index (χ0v) is 37.3. The average Bonchev–Trinajstić information content (AvgIpc) is 3.21. The predicted octanol–water partition coefficient (Wildman–Crippen LogP) is 15.3. The Bertz CT molecular complexity index is 1050. The van der Waals surface area contributed by atoms with Crippen molar-refractivity contribution in [1.29, 1.82) is 0 Å². The molecular weight excluding hydrogens is 709 g/mol. The van der Waals surface area contributed by atoms with Crippen LogP contribution in [0.1, 0.15) is 226 Å². The quantitative estimate of drug-likeness (QED) is 0.0265. The molecule has 0 bridgehead atoms. The molecule has 57 heavy (non-hydrogen) atoms. The molecule has 0 radical (unpaired) electrons. The van der Waals surface area contributed by atoms with Gasteiger partial charge < -0.3 is 14.2 Å². The summed E-state index contributed by atoms with van der Waals surface area (Å²) in [5.41, 5.74) is 0. The van der Waals surface area contributed by atoms with Crippen LogP contribution in [0.4, 0.5) is 0 Å². The lowest BCUT2D eigenvalue weighted by atomic mass is 10.1. The van der Waals surface area contributed by atoms with Gasteiger partial charge in [0.2, 0.25) is 0 Å². The van der Waals surface area contributed by atoms with E-state index in [-0.39, 0.29) is 31.1 Å². The predicted molar refractivity (Wildman–Crippen MR) is 242 cm³/mol. The molecule has 1 atom stereocenters. The van der Waals surface area contributed by atoms with Crippen molar-refractivity contribution in [3.63, 3.8) is 0 Å². The smallest absolute Gasteiger partial charge is 0.306 e. The molecule has 1 unspecified atom stereocenters. The molecule has 0 rings (SSSR count). The van der Waals surface area contributed by atoms with E-state index in [1.54, 1.807) is 0 Å². The van der Waals surface area contributed by atoms with Crippen LogP contribution in [-0.2, 0) is 28.6 Å². The fourth-order valence-electron chi connectivity index (χ4n) is 6.43. The Kier molecular flexibility index (Phi) is 43.5. The fraction of sp³-hybridized carbons (Fsp3) is 0.745. The molecule has 0 fully saturated rings. The van der Waals surface area contributed by atoms with Gasteiger partial charge in [0.1, 0.15) is 13.2 Å². The average molecular weight is 797 g/mol. The van der Waals surface area contributed by atoms with Crippen LogP contribution in [-0.4, -0.2) is 37.2 Å². The Morgan fingerprint density at radius 3 is 1.12 bits per heavy atom. The Morgan fingerprint density at radius 2 is 0.684 bits per heavy atom. The molecule has 0 aromatic rings. The van der Waals surface area contributed by atoms with Gasteiger partial charge in [-0.1, -0.05) is 184 Å². The minimum Gasteiger partial charge on any atom is -0.462 e. The summed E-state index contributed by atoms with van der Waals surface area (Å²) in [6, 6.07) is 0. The highest BCUT2D eigenvalue weighted by Crippen LogP contribution is 2.14. The molecule has 0 aliphatic rings. The second kappa shape index (κ2) is 45.8. The highest BCUT2D eigenvalue weighted by molar-refractivity contribution is 5.71. The van der Waals surface area contributed by atoms with E-state index in [0.29, 0.717) is 19.3 Å². The minimum atomic E-state index is -0.776. The largest absolute Gasteiger partial charge is 0.462 e. The molecule has 0 amide bonds. The maximum atomic E-state index is 12.7. The van der Waals surface area contributed by atoms with Crippen molar-refractivity contribution in [1.82, 2.24) is 0 Å². The van der Waals surface area contributed by atoms with E-state index >= 15 is 0 Å². The maximum Gasteiger partial charge on any atom is 0.306 e. The van der Waals surface area contributed by atoms with Gasteiger partial charge in [-0.25, -0.2) is 0 Å². The van der Waals surface area contributed by atoms with E-state index in [1.807, 2.05) is 0 Å². The number of carbonyl (C=O) groups excluding carboxylic acids is 3. The summed E-state index contributed by atoms with van der Waals surface area (Å²) in [6.07, 6.45) is 55.1. The number of carbonyl (C=O) groups is 3. The Hall–Kier alpha value is -2.89. The first-order valence-corrected chi connectivity index (χ1v) is 23.8. The lowest BCUT2D eigenvalue weighted by molar-refractivity contribution is -0.167. The number of hydrogen-bond acceptors (Lipinski definition) is 6. The number of rotatable bonds is 42. The van der Waals surface area contributed by atoms with Gasteiger partial charge >= 0.3 is 17.9 Å². The third-order valence-electron chi connectivity index (χ3n) is 10.0. The topological polar surface area (TPSA) is 78.9 Å². The fourth-order valence-corrected chi connectivity index (χ4v) is 6.43. The third kappa shape index (κ3) is 44.1. The molecule has 0 aromatic heterocycles. The van der Waals surface area contributed by atoms with Gasteiger partial charge in [0, 0.05) is 19.3 Å². The van der Waals surface area contributed by atoms with Gasteiger partial charge in [0.15, 0.2) is 6.10 Å². The molecule has 6 heteroatoms. The molecule has 0 aliphatic carbocycles. The minimum absolute atomic E-state index is 0.0803. The highest BCUT2D eigenvalue weighted by atomic mass is 16.6. The normalized spacial score (nSPS) is 12.5. The van der Waals surface area contributed by atoms with Crippen molar-refractivity contribution in [2.75, 3.05) is 13.2 Å². The van der Waals surface area contributed by atoms with Crippen molar-refractivity contribution in [3.05, 3.63) is 60.8 Å². The maximum absolute atomic E-state index is 12.7. The van der Waals surface area contributed by atoms with E-state index in [9.17, 15) is 14.4 Å². The lowest BCUT2D eigenvalue weighted by Gasteiger charge is -2.18. The Balaban J connectivity index is 4.21. The van der Waals surface area contributed by atoms with Crippen LogP contribution in [0.3, 0.4) is 0 Å². The number of ether oxygens (including phenoxy) is 3. The van der Waals surface area contributed by atoms with Gasteiger partial charge in [-0.2, -0.15) is 0 Å². The Morgan fingerprint density at radius 1 is 0.368 bits per heavy atom. The summed E-state index contributed by atoms with van der Waals surface area (Å²) in [6.45, 7) is 6.42. The molecule has 0 saturated heterocycles. The lowest BCUT2D eigenvalue weighted by Crippen LogP contribution is -2.30. The molecule has 6 nitrogen and oxygen atoms in total. The van der Waals surface area contributed by atoms with Crippen LogP contribution in [0.25, 0.3) is 0 Å². The number of allylic oxidation sites excluding steroid dienone is 10. The summed E-state index contributed by atoms with van der Waals surface area (Å²) in [5.74, 6) is -0.909. The van der Waals surface area contributed by atoms with E-state index < -0.39 is 6.10 Å². The van der Waals surface area contributed by atoms with Crippen molar-refractivity contribution in [2.24, 2.45) is 0 Å². The number of hydrogen-bond donors (Lipinski definition) is 0. The second-order valence-electron chi connectivity index (χ2n) is 15.6. The van der Waals surface area contributed by atoms with Crippen LogP contribution < -0.4 is 0 Å². The first kappa shape index (κ1) is 54.1. The standard InChI is InChI=1S/C51H88O6/c1-4-7-10-13-16-18-20-22-23-24-25-26-27-28-29-30-32-33-35-38-41-44-50(53)56-47-48(46-55-49(52)43-40-37-15-12-9-6-3)57-51(54)45-42-39-36-34-31-21-19-17-14-11-8-5-2/h7,10,16-19,22-23,25-26,48H,4-6,8-9,11-15,20-21,24,27-47H2,1-3H3/b10-7-,18-16-,19-17-,23-22-,26-25-. The highest BCUT2D eigenvalue weighted by Gasteiger charge is 2.19. The summed E-state index contributed by atoms with van der Waals surface area (Å²) < 4.78 is 16.6. The molecular formula is C51H88O6. The molecule has 0 aromatic carbocycles. The van der Waals surface area contributed by atoms with Crippen LogP contribution >= 0.6 is 0 Å². The van der Waals surface area contributed by atoms with Gasteiger partial charge in [-0.05, 0) is 83.5 Å². The first-order chi connectivity index (χ1) is 28.0. The monoisotopic (exact) mass is 797 g/mol. The van der Waals surface area contributed by atoms with Crippen molar-refractivity contribution in [2.45, 2.75) is 232 Å². The van der Waals surface area contributed by atoms with Gasteiger partial charge in [0.25, 0.3) is 0 Å². The van der Waals surface area contributed by atoms with Crippen molar-refractivity contribution in [3.8, 4) is 0 Å². The third-order valence-corrected chi connectivity index (χ3v) is 10.0. The number of esters is 3. The van der Waals surface area contributed by atoms with E-state index in [4.69, 9.17) is 14.2 Å². The van der Waals surface area contributed by atoms with Crippen LogP contribution in [0.2, 0.25) is 0 Å². The van der Waals surface area contributed by atoms with E-state index in [0.717, 1.165) is 103 Å². The van der Waals surface area contributed by atoms with Crippen molar-refractivity contribution < 1.29 is 28.6 Å². The van der Waals surface area contributed by atoms with E-state index in [2.05, 4.69) is 81.5 Å². The Labute approximate surface area is 351 Å². The molecule has 0 N–H and O–H groups in total. The van der Waals surface area contributed by atoms with Crippen LogP contribution in [0.5, 0.6) is 0 Å². The molecule has 0 aliphatic heterocycles. The van der Waals surface area contributed by atoms with Crippen LogP contribution in [0, 0.1) is 0 Å². The summed E-state index contributed by atoms with van der Waals surface area (Å²) in [7, 11) is 0. The van der Waals surface area contributed by atoms with E-state index in [1.165, 1.54) is 83.5 Å². The van der Waals surface area contributed by atoms with Crippen LogP contribution in [0.15, 0.2) is 60.8 Å². The van der Waals surface area contributed by atoms with Gasteiger partial charge in [-0.3, -0.25) is 14.4 Å². The molecule has 328 valence electrons. The molecule has 0 heterocycles. The zero-order chi connectivity index (χ0) is 41.5. The van der Waals surface area contributed by atoms with Crippen molar-refractivity contribution >= 4 is 17.9 Å². The first-order valence-electron chi connectivity index (χ1n) is 23.8. The number of unbranched alkanes of at least 4 members (excludes halogenated alkanes) is 21. The summed E-state index contributed by atoms with van der Waals surface area (Å²) >= 11 is 0. The van der Waals surface area contributed by atoms with Gasteiger partial charge in [0.05, 0.1) is 0 Å². The van der Waals surface area contributed by atoms with Gasteiger partial charge in [-0.15, -0.1) is 0 Å². The molecule has 0 saturated carbocycles. The zero-order valence-electron chi connectivity index (χ0n) is 37.3. The molecule has 0 spiro atoms. The summed E-state index contributed by atoms with van der Waals surface area (Å²) in [5, 5.41) is 0. The SMILES string of the molecule is CC/C=C\C/C=C\C/C=C\C/C=C\CCCCCCCCCCC(=O)OCC(COC(=O)CCCCCCCC)OC(=O)CCCCCCC/C=C\CCCCC. The summed E-state index contributed by atoms with van der Waals surface area (Å²) in [4.78, 5) is 37.6. The second-order valence-corrected chi connectivity index (χ2v) is 15.6.